The standard InChI is InChI=1S/C29H48O/c1-19-22(30)8-9-23-27(19,5)13-11-24-28(6)17-16-26(4)15-14-25(2,3)18-21(26)20(28)10-12-29(23,24)7/h19-21,23-24H,8-18H2,1-7H3/t19-,20+,21+,23-,24-,26+,27+,28-,29-/m0/s1. The summed E-state index contributed by atoms with van der Waals surface area (Å²) >= 11 is 0. The van der Waals surface area contributed by atoms with Gasteiger partial charge in [0.1, 0.15) is 5.78 Å². The number of rotatable bonds is 0. The second-order valence-electron chi connectivity index (χ2n) is 14.7. The average molecular weight is 413 g/mol. The SMILES string of the molecule is C[C@H]1C(=O)CC[C@@H]2[C@]3(C)CC[C@@H]4[C@H]5CC(C)(C)CC[C@]5(C)CC[C@]4(C)[C@@H]3CC[C@@]21C. The van der Waals surface area contributed by atoms with Gasteiger partial charge in [-0.3, -0.25) is 4.79 Å². The van der Waals surface area contributed by atoms with Crippen LogP contribution in [0.15, 0.2) is 0 Å². The molecule has 9 atom stereocenters. The van der Waals surface area contributed by atoms with Crippen LogP contribution in [-0.2, 0) is 4.79 Å². The molecule has 0 spiro atoms. The van der Waals surface area contributed by atoms with Crippen LogP contribution < -0.4 is 0 Å². The van der Waals surface area contributed by atoms with Crippen LogP contribution in [-0.4, -0.2) is 5.78 Å². The smallest absolute Gasteiger partial charge is 0.136 e. The molecule has 0 radical (unpaired) electrons. The monoisotopic (exact) mass is 412 g/mol. The number of fused-ring (bicyclic) bond motifs is 7. The molecule has 5 fully saturated rings. The molecule has 1 nitrogen and oxygen atoms in total. The Kier molecular flexibility index (Phi) is 4.57. The lowest BCUT2D eigenvalue weighted by atomic mass is 9.34. The quantitative estimate of drug-likeness (QED) is 0.393. The zero-order chi connectivity index (χ0) is 21.7. The molecule has 0 aromatic carbocycles. The fraction of sp³-hybridized carbons (Fsp3) is 0.966. The largest absolute Gasteiger partial charge is 0.299 e. The lowest BCUT2D eigenvalue weighted by molar-refractivity contribution is -0.219. The van der Waals surface area contributed by atoms with Crippen LogP contribution in [0.25, 0.3) is 0 Å². The second kappa shape index (κ2) is 6.38. The van der Waals surface area contributed by atoms with Gasteiger partial charge in [0.05, 0.1) is 0 Å². The van der Waals surface area contributed by atoms with E-state index >= 15 is 0 Å². The predicted octanol–water partition coefficient (Wildman–Crippen LogP) is 8.07. The summed E-state index contributed by atoms with van der Waals surface area (Å²) in [5.41, 5.74) is 2.36. The highest BCUT2D eigenvalue weighted by molar-refractivity contribution is 5.82. The van der Waals surface area contributed by atoms with E-state index in [1.54, 1.807) is 0 Å². The van der Waals surface area contributed by atoms with Crippen molar-refractivity contribution in [3.63, 3.8) is 0 Å². The van der Waals surface area contributed by atoms with E-state index in [1.165, 1.54) is 64.2 Å². The molecule has 0 unspecified atom stereocenters. The first kappa shape index (κ1) is 21.5. The Morgan fingerprint density at radius 3 is 2.03 bits per heavy atom. The maximum absolute atomic E-state index is 12.7. The molecule has 5 saturated carbocycles. The van der Waals surface area contributed by atoms with Crippen molar-refractivity contribution in [1.29, 1.82) is 0 Å². The third-order valence-corrected chi connectivity index (χ3v) is 12.9. The van der Waals surface area contributed by atoms with E-state index < -0.39 is 0 Å². The van der Waals surface area contributed by atoms with Crippen LogP contribution in [0.1, 0.15) is 119 Å². The minimum absolute atomic E-state index is 0.250. The molecular formula is C29H48O. The van der Waals surface area contributed by atoms with Crippen LogP contribution in [0.3, 0.4) is 0 Å². The summed E-state index contributed by atoms with van der Waals surface area (Å²) in [4.78, 5) is 12.7. The van der Waals surface area contributed by atoms with Gasteiger partial charge in [-0.05, 0) is 115 Å². The summed E-state index contributed by atoms with van der Waals surface area (Å²) in [5, 5.41) is 0. The summed E-state index contributed by atoms with van der Waals surface area (Å²) in [6.07, 6.45) is 14.8. The van der Waals surface area contributed by atoms with Crippen LogP contribution in [0.4, 0.5) is 0 Å². The summed E-state index contributed by atoms with van der Waals surface area (Å²) in [6.45, 7) is 17.9. The zero-order valence-electron chi connectivity index (χ0n) is 21.1. The fourth-order valence-electron chi connectivity index (χ4n) is 10.8. The van der Waals surface area contributed by atoms with Gasteiger partial charge in [0, 0.05) is 12.3 Å². The maximum atomic E-state index is 12.7. The van der Waals surface area contributed by atoms with Crippen molar-refractivity contribution in [2.24, 2.45) is 56.7 Å². The van der Waals surface area contributed by atoms with E-state index in [1.807, 2.05) is 0 Å². The number of Topliss-reactive ketones (excluding diaryl/α,β-unsaturated/α-hetero) is 1. The third-order valence-electron chi connectivity index (χ3n) is 12.9. The number of hydrogen-bond acceptors (Lipinski definition) is 1. The minimum Gasteiger partial charge on any atom is -0.299 e. The van der Waals surface area contributed by atoms with Crippen molar-refractivity contribution >= 4 is 5.78 Å². The first-order chi connectivity index (χ1) is 13.9. The molecular weight excluding hydrogens is 364 g/mol. The highest BCUT2D eigenvalue weighted by Gasteiger charge is 2.67. The van der Waals surface area contributed by atoms with E-state index in [4.69, 9.17) is 0 Å². The number of carbonyl (C=O) groups excluding carboxylic acids is 1. The summed E-state index contributed by atoms with van der Waals surface area (Å²) < 4.78 is 0. The Labute approximate surface area is 186 Å². The van der Waals surface area contributed by atoms with Crippen LogP contribution >= 0.6 is 0 Å². The van der Waals surface area contributed by atoms with Gasteiger partial charge in [0.15, 0.2) is 0 Å². The van der Waals surface area contributed by atoms with E-state index in [0.717, 1.165) is 30.1 Å². The topological polar surface area (TPSA) is 17.1 Å². The van der Waals surface area contributed by atoms with Crippen molar-refractivity contribution in [2.45, 2.75) is 119 Å². The van der Waals surface area contributed by atoms with Crippen LogP contribution in [0, 0.1) is 56.7 Å². The lowest BCUT2D eigenvalue weighted by Crippen LogP contribution is -2.64. The Morgan fingerprint density at radius 2 is 1.30 bits per heavy atom. The van der Waals surface area contributed by atoms with Gasteiger partial charge in [-0.25, -0.2) is 0 Å². The maximum Gasteiger partial charge on any atom is 0.136 e. The molecule has 0 saturated heterocycles. The van der Waals surface area contributed by atoms with Crippen LogP contribution in [0.5, 0.6) is 0 Å². The van der Waals surface area contributed by atoms with Crippen LogP contribution in [0.2, 0.25) is 0 Å². The van der Waals surface area contributed by atoms with Crippen molar-refractivity contribution in [1.82, 2.24) is 0 Å². The molecule has 0 aliphatic heterocycles. The molecule has 5 aliphatic carbocycles. The highest BCUT2D eigenvalue weighted by Crippen LogP contribution is 2.74. The molecule has 0 aromatic rings. The number of carbonyl (C=O) groups is 1. The Hall–Kier alpha value is -0.330. The average Bonchev–Trinajstić information content (AvgIpc) is 2.66. The zero-order valence-corrected chi connectivity index (χ0v) is 21.1. The normalized spacial score (nSPS) is 57.6. The molecule has 0 amide bonds. The lowest BCUT2D eigenvalue weighted by Gasteiger charge is -2.71. The summed E-state index contributed by atoms with van der Waals surface area (Å²) in [7, 11) is 0. The van der Waals surface area contributed by atoms with Gasteiger partial charge in [-0.1, -0.05) is 48.5 Å². The first-order valence-corrected chi connectivity index (χ1v) is 13.4. The molecule has 5 aliphatic rings. The molecule has 5 rings (SSSR count). The van der Waals surface area contributed by atoms with Gasteiger partial charge in [-0.2, -0.15) is 0 Å². The number of hydrogen-bond donors (Lipinski definition) is 0. The molecule has 30 heavy (non-hydrogen) atoms. The molecule has 0 N–H and O–H groups in total. The fourth-order valence-corrected chi connectivity index (χ4v) is 10.8. The van der Waals surface area contributed by atoms with E-state index in [9.17, 15) is 4.79 Å². The van der Waals surface area contributed by atoms with Gasteiger partial charge in [0.25, 0.3) is 0 Å². The van der Waals surface area contributed by atoms with Gasteiger partial charge in [-0.15, -0.1) is 0 Å². The number of ketones is 1. The molecule has 0 aromatic heterocycles. The van der Waals surface area contributed by atoms with E-state index in [-0.39, 0.29) is 11.3 Å². The van der Waals surface area contributed by atoms with Crippen molar-refractivity contribution in [3.05, 3.63) is 0 Å². The molecule has 0 heterocycles. The minimum atomic E-state index is 0.250. The van der Waals surface area contributed by atoms with Gasteiger partial charge >= 0.3 is 0 Å². The Morgan fingerprint density at radius 1 is 0.667 bits per heavy atom. The molecule has 1 heteroatoms. The Balaban J connectivity index is 1.50. The van der Waals surface area contributed by atoms with Gasteiger partial charge in [0.2, 0.25) is 0 Å². The third kappa shape index (κ3) is 2.68. The summed E-state index contributed by atoms with van der Waals surface area (Å²) in [6, 6.07) is 0. The second-order valence-corrected chi connectivity index (χ2v) is 14.7. The van der Waals surface area contributed by atoms with E-state index in [2.05, 4.69) is 48.5 Å². The van der Waals surface area contributed by atoms with E-state index in [0.29, 0.717) is 27.4 Å². The van der Waals surface area contributed by atoms with Gasteiger partial charge < -0.3 is 0 Å². The van der Waals surface area contributed by atoms with Crippen molar-refractivity contribution in [3.8, 4) is 0 Å². The van der Waals surface area contributed by atoms with Crippen molar-refractivity contribution < 1.29 is 4.79 Å². The highest BCUT2D eigenvalue weighted by atomic mass is 16.1. The van der Waals surface area contributed by atoms with Crippen molar-refractivity contribution in [2.75, 3.05) is 0 Å². The predicted molar refractivity (Wildman–Crippen MR) is 125 cm³/mol. The molecule has 0 bridgehead atoms. The first-order valence-electron chi connectivity index (χ1n) is 13.4. The molecule has 170 valence electrons. The Bertz CT molecular complexity index is 737. The summed E-state index contributed by atoms with van der Waals surface area (Å²) in [5.74, 6) is 4.31.